The molecule has 1 aromatic heterocycles. The predicted octanol–water partition coefficient (Wildman–Crippen LogP) is 4.78. The number of hydrogen-bond acceptors (Lipinski definition) is 6. The van der Waals surface area contributed by atoms with Crippen molar-refractivity contribution >= 4 is 17.5 Å². The highest BCUT2D eigenvalue weighted by Crippen LogP contribution is 2.33. The molecule has 0 aliphatic rings. The van der Waals surface area contributed by atoms with E-state index in [-0.39, 0.29) is 22.8 Å². The minimum Gasteiger partial charge on any atom is -0.496 e. The van der Waals surface area contributed by atoms with E-state index in [1.807, 2.05) is 30.3 Å². The first-order chi connectivity index (χ1) is 16.4. The summed E-state index contributed by atoms with van der Waals surface area (Å²) in [5.41, 5.74) is 14.7. The Balaban J connectivity index is 1.78. The van der Waals surface area contributed by atoms with E-state index in [0.29, 0.717) is 39.6 Å². The fraction of sp³-hybridized carbons (Fsp3) is 0.0385. The van der Waals surface area contributed by atoms with Crippen molar-refractivity contribution < 1.29 is 19.4 Å². The van der Waals surface area contributed by atoms with Gasteiger partial charge in [-0.05, 0) is 60.7 Å². The molecule has 34 heavy (non-hydrogen) atoms. The van der Waals surface area contributed by atoms with Gasteiger partial charge < -0.3 is 26.0 Å². The van der Waals surface area contributed by atoms with E-state index in [0.717, 1.165) is 0 Å². The number of aromatic carboxylic acids is 1. The van der Waals surface area contributed by atoms with Crippen LogP contribution >= 0.6 is 0 Å². The van der Waals surface area contributed by atoms with Gasteiger partial charge in [-0.15, -0.1) is 0 Å². The first-order valence-electron chi connectivity index (χ1n) is 10.3. The molecule has 0 saturated heterocycles. The van der Waals surface area contributed by atoms with Crippen LogP contribution in [0.2, 0.25) is 0 Å². The van der Waals surface area contributed by atoms with Gasteiger partial charge in [-0.3, -0.25) is 5.41 Å². The highest BCUT2D eigenvalue weighted by atomic mass is 16.5. The Labute approximate surface area is 195 Å². The van der Waals surface area contributed by atoms with E-state index in [1.165, 1.54) is 13.2 Å². The number of anilines is 1. The largest absolute Gasteiger partial charge is 0.496 e. The number of ether oxygens (including phenoxy) is 2. The van der Waals surface area contributed by atoms with Crippen LogP contribution in [0.15, 0.2) is 78.9 Å². The van der Waals surface area contributed by atoms with E-state index >= 15 is 0 Å². The van der Waals surface area contributed by atoms with Gasteiger partial charge in [0, 0.05) is 16.8 Å². The minimum absolute atomic E-state index is 0.0000190. The molecule has 4 aromatic rings. The lowest BCUT2D eigenvalue weighted by Gasteiger charge is -2.15. The molecule has 0 bridgehead atoms. The molecular formula is C26H22N4O4. The van der Waals surface area contributed by atoms with Gasteiger partial charge in [0.1, 0.15) is 28.6 Å². The highest BCUT2D eigenvalue weighted by molar-refractivity contribution is 6.06. The smallest absolute Gasteiger partial charge is 0.339 e. The molecule has 0 aliphatic carbocycles. The number of nitrogens with one attached hydrogen (secondary N) is 1. The number of benzene rings is 3. The van der Waals surface area contributed by atoms with Crippen molar-refractivity contribution in [3.63, 3.8) is 0 Å². The third-order valence-electron chi connectivity index (χ3n) is 5.15. The van der Waals surface area contributed by atoms with Crippen LogP contribution in [0.25, 0.3) is 22.5 Å². The van der Waals surface area contributed by atoms with Crippen LogP contribution in [0.1, 0.15) is 15.9 Å². The maximum Gasteiger partial charge on any atom is 0.339 e. The van der Waals surface area contributed by atoms with Gasteiger partial charge in [-0.1, -0.05) is 18.2 Å². The van der Waals surface area contributed by atoms with Gasteiger partial charge in [0.25, 0.3) is 0 Å². The summed E-state index contributed by atoms with van der Waals surface area (Å²) >= 11 is 0. The van der Waals surface area contributed by atoms with E-state index in [9.17, 15) is 9.90 Å². The normalized spacial score (nSPS) is 10.5. The number of carbonyl (C=O) groups is 1. The summed E-state index contributed by atoms with van der Waals surface area (Å²) in [6.07, 6.45) is 0. The number of methoxy groups -OCH3 is 1. The van der Waals surface area contributed by atoms with Crippen LogP contribution in [0.3, 0.4) is 0 Å². The number of carboxylic acid groups (broad SMARTS) is 1. The van der Waals surface area contributed by atoms with Crippen molar-refractivity contribution in [2.45, 2.75) is 0 Å². The summed E-state index contributed by atoms with van der Waals surface area (Å²) in [6, 6.07) is 22.8. The van der Waals surface area contributed by atoms with Crippen molar-refractivity contribution in [2.75, 3.05) is 12.8 Å². The molecule has 0 spiro atoms. The Morgan fingerprint density at radius 2 is 1.59 bits per heavy atom. The summed E-state index contributed by atoms with van der Waals surface area (Å²) in [5, 5.41) is 17.5. The Morgan fingerprint density at radius 3 is 2.21 bits per heavy atom. The second kappa shape index (κ2) is 9.33. The van der Waals surface area contributed by atoms with Crippen LogP contribution < -0.4 is 20.9 Å². The quantitative estimate of drug-likeness (QED) is 0.232. The number of hydrogen-bond donors (Lipinski definition) is 4. The van der Waals surface area contributed by atoms with Crippen LogP contribution in [0.4, 0.5) is 5.69 Å². The zero-order valence-corrected chi connectivity index (χ0v) is 18.3. The van der Waals surface area contributed by atoms with Gasteiger partial charge in [0.15, 0.2) is 0 Å². The molecule has 8 heteroatoms. The second-order valence-electron chi connectivity index (χ2n) is 7.39. The number of carboxylic acids is 1. The molecule has 0 aliphatic heterocycles. The van der Waals surface area contributed by atoms with Crippen molar-refractivity contribution in [1.29, 1.82) is 5.41 Å². The molecule has 4 rings (SSSR count). The van der Waals surface area contributed by atoms with Gasteiger partial charge >= 0.3 is 5.97 Å². The number of amidine groups is 1. The number of pyridine rings is 1. The maximum atomic E-state index is 11.6. The summed E-state index contributed by atoms with van der Waals surface area (Å²) in [4.78, 5) is 16.3. The molecule has 170 valence electrons. The second-order valence-corrected chi connectivity index (χ2v) is 7.39. The van der Waals surface area contributed by atoms with Crippen LogP contribution in [0, 0.1) is 5.41 Å². The van der Waals surface area contributed by atoms with E-state index in [2.05, 4.69) is 4.98 Å². The van der Waals surface area contributed by atoms with Crippen LogP contribution in [0.5, 0.6) is 17.2 Å². The summed E-state index contributed by atoms with van der Waals surface area (Å²) < 4.78 is 11.0. The minimum atomic E-state index is -1.12. The van der Waals surface area contributed by atoms with Crippen LogP contribution in [-0.4, -0.2) is 29.0 Å². The first-order valence-corrected chi connectivity index (χ1v) is 10.3. The SMILES string of the molecule is COc1ccc(-c2cc(N)c(C(=N)N)c(-c3ccc(Oc4ccccc4)cc3)n2)cc1C(=O)O. The third-order valence-corrected chi connectivity index (χ3v) is 5.15. The topological polar surface area (TPSA) is 145 Å². The molecule has 0 fully saturated rings. The number of nitrogen functional groups attached to an aromatic ring is 2. The van der Waals surface area contributed by atoms with E-state index < -0.39 is 5.97 Å². The van der Waals surface area contributed by atoms with Crippen molar-refractivity contribution in [3.8, 4) is 39.8 Å². The average Bonchev–Trinajstić information content (AvgIpc) is 2.84. The lowest BCUT2D eigenvalue weighted by molar-refractivity contribution is 0.0693. The highest BCUT2D eigenvalue weighted by Gasteiger charge is 2.18. The zero-order chi connectivity index (χ0) is 24.2. The number of nitrogens with two attached hydrogens (primary N) is 2. The standard InChI is InChI=1S/C26H22N4O4/c1-33-22-12-9-16(13-19(22)26(31)32)21-14-20(27)23(25(28)29)24(30-21)15-7-10-18(11-8-15)34-17-5-3-2-4-6-17/h2-14H,1H3,(H2,27,30)(H3,28,29)(H,31,32). The fourth-order valence-electron chi connectivity index (χ4n) is 3.54. The first kappa shape index (κ1) is 22.3. The van der Waals surface area contributed by atoms with E-state index in [1.54, 1.807) is 42.5 Å². The van der Waals surface area contributed by atoms with Crippen molar-refractivity contribution in [1.82, 2.24) is 4.98 Å². The Morgan fingerprint density at radius 1 is 0.941 bits per heavy atom. The predicted molar refractivity (Wildman–Crippen MR) is 131 cm³/mol. The third kappa shape index (κ3) is 4.51. The van der Waals surface area contributed by atoms with Gasteiger partial charge in [0.05, 0.1) is 24.1 Å². The Kier molecular flexibility index (Phi) is 6.13. The summed E-state index contributed by atoms with van der Waals surface area (Å²) in [6.45, 7) is 0. The molecule has 6 N–H and O–H groups in total. The molecule has 0 unspecified atom stereocenters. The fourth-order valence-corrected chi connectivity index (χ4v) is 3.54. The van der Waals surface area contributed by atoms with E-state index in [4.69, 9.17) is 26.4 Å². The Bertz CT molecular complexity index is 1370. The molecule has 0 amide bonds. The Hall–Kier alpha value is -4.85. The molecule has 1 heterocycles. The molecule has 8 nitrogen and oxygen atoms in total. The molecular weight excluding hydrogens is 432 g/mol. The summed E-state index contributed by atoms with van der Waals surface area (Å²) in [5.74, 6) is 0.222. The van der Waals surface area contributed by atoms with Crippen molar-refractivity contribution in [2.24, 2.45) is 5.73 Å². The lowest BCUT2D eigenvalue weighted by atomic mass is 9.99. The molecule has 0 atom stereocenters. The monoisotopic (exact) mass is 454 g/mol. The van der Waals surface area contributed by atoms with Gasteiger partial charge in [-0.2, -0.15) is 0 Å². The molecule has 0 radical (unpaired) electrons. The van der Waals surface area contributed by atoms with Gasteiger partial charge in [0.2, 0.25) is 0 Å². The lowest BCUT2D eigenvalue weighted by Crippen LogP contribution is -2.16. The molecule has 3 aromatic carbocycles. The number of para-hydroxylation sites is 1. The van der Waals surface area contributed by atoms with Gasteiger partial charge in [-0.25, -0.2) is 9.78 Å². The average molecular weight is 454 g/mol. The maximum absolute atomic E-state index is 11.6. The number of rotatable bonds is 7. The zero-order valence-electron chi connectivity index (χ0n) is 18.3. The van der Waals surface area contributed by atoms with Crippen molar-refractivity contribution in [3.05, 3.63) is 90.0 Å². The van der Waals surface area contributed by atoms with Crippen LogP contribution in [-0.2, 0) is 0 Å². The number of aromatic nitrogens is 1. The molecule has 0 saturated carbocycles. The summed E-state index contributed by atoms with van der Waals surface area (Å²) in [7, 11) is 1.41. The number of nitrogens with zero attached hydrogens (tertiary/aromatic N) is 1.